The summed E-state index contributed by atoms with van der Waals surface area (Å²) >= 11 is 7.21. The van der Waals surface area contributed by atoms with Crippen LogP contribution in [0.1, 0.15) is 15.9 Å². The maximum absolute atomic E-state index is 13.0. The van der Waals surface area contributed by atoms with E-state index >= 15 is 0 Å². The topological polar surface area (TPSA) is 101 Å². The number of benzene rings is 2. The molecule has 0 amide bonds. The lowest BCUT2D eigenvalue weighted by Gasteiger charge is -2.05. The van der Waals surface area contributed by atoms with E-state index in [4.69, 9.17) is 16.3 Å². The number of rotatable bonds is 4. The van der Waals surface area contributed by atoms with Crippen LogP contribution in [0.3, 0.4) is 0 Å². The molecule has 0 atom stereocenters. The Morgan fingerprint density at radius 2 is 2.10 bits per heavy atom. The summed E-state index contributed by atoms with van der Waals surface area (Å²) in [6.45, 7) is 0. The third-order valence-electron chi connectivity index (χ3n) is 4.32. The van der Waals surface area contributed by atoms with Crippen LogP contribution < -0.4 is 14.8 Å². The number of phenolic OH excluding ortho intramolecular Hbond substituents is 1. The molecule has 0 saturated heterocycles. The van der Waals surface area contributed by atoms with Crippen molar-refractivity contribution in [3.05, 3.63) is 73.6 Å². The lowest BCUT2D eigenvalue weighted by Crippen LogP contribution is -2.23. The molecule has 146 valence electrons. The van der Waals surface area contributed by atoms with E-state index in [1.165, 1.54) is 41.0 Å². The Kier molecular flexibility index (Phi) is 4.73. The standard InChI is InChI=1S/C20H13ClN2O5S/c1-28-15-6-10(5-13(21)17(15)24)7-16-18(25)23-14(9-22-20(23)29-16)11-3-2-4-12(8-11)19(26)27/h2-9,24H,1H3,(H,26,27). The summed E-state index contributed by atoms with van der Waals surface area (Å²) in [5, 5.41) is 19.2. The van der Waals surface area contributed by atoms with E-state index in [2.05, 4.69) is 4.98 Å². The fraction of sp³-hybridized carbons (Fsp3) is 0.0500. The largest absolute Gasteiger partial charge is 0.503 e. The Bertz CT molecular complexity index is 1380. The number of imidazole rings is 1. The Morgan fingerprint density at radius 3 is 2.83 bits per heavy atom. The van der Waals surface area contributed by atoms with Crippen LogP contribution in [0.25, 0.3) is 22.3 Å². The van der Waals surface area contributed by atoms with Gasteiger partial charge in [-0.05, 0) is 35.9 Å². The van der Waals surface area contributed by atoms with E-state index in [0.29, 0.717) is 26.3 Å². The molecule has 2 N–H and O–H groups in total. The summed E-state index contributed by atoms with van der Waals surface area (Å²) < 4.78 is 6.94. The second kappa shape index (κ2) is 7.23. The van der Waals surface area contributed by atoms with Crippen molar-refractivity contribution in [1.82, 2.24) is 9.38 Å². The number of carboxylic acids is 1. The van der Waals surface area contributed by atoms with E-state index in [-0.39, 0.29) is 27.6 Å². The first-order chi connectivity index (χ1) is 13.9. The van der Waals surface area contributed by atoms with E-state index in [1.807, 2.05) is 0 Å². The summed E-state index contributed by atoms with van der Waals surface area (Å²) in [5.74, 6) is -1.02. The van der Waals surface area contributed by atoms with Gasteiger partial charge in [-0.25, -0.2) is 14.2 Å². The van der Waals surface area contributed by atoms with Gasteiger partial charge in [0.1, 0.15) is 0 Å². The summed E-state index contributed by atoms with van der Waals surface area (Å²) in [5.41, 5.74) is 1.50. The van der Waals surface area contributed by atoms with Gasteiger partial charge in [-0.3, -0.25) is 4.79 Å². The molecular formula is C20H13ClN2O5S. The van der Waals surface area contributed by atoms with Gasteiger partial charge in [0.15, 0.2) is 16.5 Å². The Hall–Kier alpha value is -3.36. The van der Waals surface area contributed by atoms with Crippen LogP contribution in [-0.4, -0.2) is 32.7 Å². The zero-order valence-electron chi connectivity index (χ0n) is 14.9. The fourth-order valence-corrected chi connectivity index (χ4v) is 4.11. The number of methoxy groups -OCH3 is 1. The number of halogens is 1. The van der Waals surface area contributed by atoms with Crippen LogP contribution in [0.15, 0.2) is 47.4 Å². The molecule has 9 heteroatoms. The Morgan fingerprint density at radius 1 is 1.31 bits per heavy atom. The highest BCUT2D eigenvalue weighted by Crippen LogP contribution is 2.35. The smallest absolute Gasteiger partial charge is 0.335 e. The zero-order valence-corrected chi connectivity index (χ0v) is 16.5. The molecule has 0 aliphatic carbocycles. The number of fused-ring (bicyclic) bond motifs is 1. The van der Waals surface area contributed by atoms with Crippen molar-refractivity contribution in [3.63, 3.8) is 0 Å². The van der Waals surface area contributed by atoms with Crippen molar-refractivity contribution < 1.29 is 19.7 Å². The number of hydrogen-bond acceptors (Lipinski definition) is 6. The number of aromatic carboxylic acids is 1. The molecule has 0 aliphatic rings. The third kappa shape index (κ3) is 3.32. The predicted molar refractivity (Wildman–Crippen MR) is 110 cm³/mol. The third-order valence-corrected chi connectivity index (χ3v) is 5.59. The molecule has 0 aliphatic heterocycles. The fourth-order valence-electron chi connectivity index (χ4n) is 2.95. The molecule has 2 aromatic heterocycles. The summed E-state index contributed by atoms with van der Waals surface area (Å²) in [4.78, 5) is 29.0. The lowest BCUT2D eigenvalue weighted by atomic mass is 10.1. The lowest BCUT2D eigenvalue weighted by molar-refractivity contribution is 0.0697. The van der Waals surface area contributed by atoms with E-state index in [1.54, 1.807) is 30.5 Å². The number of phenols is 1. The average Bonchev–Trinajstić information content (AvgIpc) is 3.25. The number of aromatic nitrogens is 2. The van der Waals surface area contributed by atoms with Crippen LogP contribution in [-0.2, 0) is 0 Å². The molecule has 0 fully saturated rings. The van der Waals surface area contributed by atoms with Crippen molar-refractivity contribution in [3.8, 4) is 22.8 Å². The van der Waals surface area contributed by atoms with E-state index in [9.17, 15) is 19.8 Å². The molecule has 29 heavy (non-hydrogen) atoms. The number of carboxylic acid groups (broad SMARTS) is 1. The van der Waals surface area contributed by atoms with E-state index < -0.39 is 5.97 Å². The number of hydrogen-bond donors (Lipinski definition) is 2. The molecule has 7 nitrogen and oxygen atoms in total. The van der Waals surface area contributed by atoms with Gasteiger partial charge in [0, 0.05) is 5.56 Å². The number of carbonyl (C=O) groups is 1. The molecule has 0 unspecified atom stereocenters. The normalized spacial score (nSPS) is 11.9. The van der Waals surface area contributed by atoms with Crippen LogP contribution in [0.5, 0.6) is 11.5 Å². The first-order valence-electron chi connectivity index (χ1n) is 8.31. The highest BCUT2D eigenvalue weighted by molar-refractivity contribution is 7.15. The Labute approximate surface area is 172 Å². The highest BCUT2D eigenvalue weighted by atomic mass is 35.5. The molecule has 2 heterocycles. The van der Waals surface area contributed by atoms with E-state index in [0.717, 1.165) is 0 Å². The van der Waals surface area contributed by atoms with Gasteiger partial charge in [0.05, 0.1) is 34.1 Å². The Balaban J connectivity index is 1.88. The average molecular weight is 429 g/mol. The summed E-state index contributed by atoms with van der Waals surface area (Å²) in [6, 6.07) is 9.42. The highest BCUT2D eigenvalue weighted by Gasteiger charge is 2.14. The first kappa shape index (κ1) is 19.0. The molecule has 4 aromatic rings. The minimum Gasteiger partial charge on any atom is -0.503 e. The maximum atomic E-state index is 13.0. The predicted octanol–water partition coefficient (Wildman–Crippen LogP) is 3.04. The first-order valence-corrected chi connectivity index (χ1v) is 9.50. The minimum atomic E-state index is -1.05. The van der Waals surface area contributed by atoms with Crippen LogP contribution in [0, 0.1) is 0 Å². The van der Waals surface area contributed by atoms with Crippen molar-refractivity contribution in [1.29, 1.82) is 0 Å². The van der Waals surface area contributed by atoms with Crippen LogP contribution in [0.2, 0.25) is 5.02 Å². The van der Waals surface area contributed by atoms with Gasteiger partial charge in [-0.2, -0.15) is 0 Å². The number of aromatic hydroxyl groups is 1. The second-order valence-corrected chi connectivity index (χ2v) is 7.53. The van der Waals surface area contributed by atoms with Crippen molar-refractivity contribution in [2.45, 2.75) is 0 Å². The van der Waals surface area contributed by atoms with Gasteiger partial charge in [0.25, 0.3) is 5.56 Å². The molecule has 0 radical (unpaired) electrons. The van der Waals surface area contributed by atoms with Gasteiger partial charge < -0.3 is 14.9 Å². The maximum Gasteiger partial charge on any atom is 0.335 e. The number of nitrogens with zero attached hydrogens (tertiary/aromatic N) is 2. The molecule has 0 bridgehead atoms. The van der Waals surface area contributed by atoms with Gasteiger partial charge in [-0.1, -0.05) is 35.1 Å². The molecule has 0 spiro atoms. The summed E-state index contributed by atoms with van der Waals surface area (Å²) in [7, 11) is 1.41. The number of ether oxygens (including phenoxy) is 1. The van der Waals surface area contributed by atoms with Crippen molar-refractivity contribution in [2.24, 2.45) is 0 Å². The summed E-state index contributed by atoms with van der Waals surface area (Å²) in [6.07, 6.45) is 3.17. The number of thiazole rings is 1. The quantitative estimate of drug-likeness (QED) is 0.518. The monoisotopic (exact) mass is 428 g/mol. The van der Waals surface area contributed by atoms with Crippen molar-refractivity contribution >= 4 is 39.9 Å². The van der Waals surface area contributed by atoms with Gasteiger partial charge in [-0.15, -0.1) is 0 Å². The van der Waals surface area contributed by atoms with Crippen LogP contribution in [0.4, 0.5) is 0 Å². The molecule has 0 saturated carbocycles. The molecule has 4 rings (SSSR count). The minimum absolute atomic E-state index is 0.107. The van der Waals surface area contributed by atoms with Crippen LogP contribution >= 0.6 is 22.9 Å². The zero-order chi connectivity index (χ0) is 20.7. The van der Waals surface area contributed by atoms with Gasteiger partial charge in [0.2, 0.25) is 0 Å². The SMILES string of the molecule is COc1cc(C=c2sc3ncc(-c4cccc(C(=O)O)c4)n3c2=O)cc(Cl)c1O. The second-order valence-electron chi connectivity index (χ2n) is 6.12. The van der Waals surface area contributed by atoms with Crippen molar-refractivity contribution in [2.75, 3.05) is 7.11 Å². The van der Waals surface area contributed by atoms with Gasteiger partial charge >= 0.3 is 5.97 Å². The molecular weight excluding hydrogens is 416 g/mol. The molecule has 2 aromatic carbocycles.